The Morgan fingerprint density at radius 2 is 1.91 bits per heavy atom. The Kier molecular flexibility index (Phi) is 3.40. The maximum Gasteiger partial charge on any atom is 0.0989 e. The first-order chi connectivity index (χ1) is 5.33. The van der Waals surface area contributed by atoms with Crippen molar-refractivity contribution in [3.63, 3.8) is 0 Å². The van der Waals surface area contributed by atoms with E-state index in [1.54, 1.807) is 0 Å². The van der Waals surface area contributed by atoms with Crippen LogP contribution in [0.5, 0.6) is 0 Å². The van der Waals surface area contributed by atoms with Crippen molar-refractivity contribution < 1.29 is 5.11 Å². The van der Waals surface area contributed by atoms with Crippen molar-refractivity contribution in [3.05, 3.63) is 35.9 Å². The van der Waals surface area contributed by atoms with E-state index in [4.69, 9.17) is 11.6 Å². The summed E-state index contributed by atoms with van der Waals surface area (Å²) in [6, 6.07) is 9.80. The van der Waals surface area contributed by atoms with Gasteiger partial charge in [0.05, 0.1) is 12.0 Å². The summed E-state index contributed by atoms with van der Waals surface area (Å²) in [4.78, 5) is 0. The first-order valence-corrected chi connectivity index (χ1v) is 4.02. The third kappa shape index (κ3) is 2.91. The van der Waals surface area contributed by atoms with Crippen LogP contribution in [0, 0.1) is 0 Å². The maximum atomic E-state index is 10.3. The molecule has 11 heavy (non-hydrogen) atoms. The summed E-state index contributed by atoms with van der Waals surface area (Å²) < 4.78 is 0. The predicted molar refractivity (Wildman–Crippen MR) is 45.3 cm³/mol. The van der Waals surface area contributed by atoms with Crippen molar-refractivity contribution in [1.82, 2.24) is 0 Å². The quantitative estimate of drug-likeness (QED) is 0.619. The second kappa shape index (κ2) is 4.37. The topological polar surface area (TPSA) is 19.9 Å². The molecule has 0 aliphatic carbocycles. The highest BCUT2D eigenvalue weighted by atomic mass is 35.5. The molecule has 0 bridgehead atoms. The Labute approximate surface area is 71.6 Å². The number of rotatable bonds is 3. The van der Waals surface area contributed by atoms with Crippen molar-refractivity contribution >= 4 is 11.6 Å². The van der Waals surface area contributed by atoms with Crippen molar-refractivity contribution in [1.29, 1.82) is 0 Å². The van der Waals surface area contributed by atoms with Crippen LogP contribution in [0.25, 0.3) is 0 Å². The molecule has 1 rings (SSSR count). The molecule has 59 valence electrons. The van der Waals surface area contributed by atoms with Crippen LogP contribution < -0.4 is 0 Å². The maximum absolute atomic E-state index is 10.3. The number of hydrogen-bond donors (Lipinski definition) is 0. The molecule has 0 fully saturated rings. The molecule has 0 N–H and O–H groups in total. The smallest absolute Gasteiger partial charge is 0.0989 e. The van der Waals surface area contributed by atoms with E-state index in [9.17, 15) is 5.11 Å². The average molecular weight is 170 g/mol. The first kappa shape index (κ1) is 8.57. The minimum Gasteiger partial charge on any atom is -0.235 e. The van der Waals surface area contributed by atoms with Crippen LogP contribution in [0.3, 0.4) is 0 Å². The van der Waals surface area contributed by atoms with Gasteiger partial charge in [-0.1, -0.05) is 30.3 Å². The third-order valence-corrected chi connectivity index (χ3v) is 1.76. The van der Waals surface area contributed by atoms with Crippen molar-refractivity contribution in [2.75, 3.05) is 6.61 Å². The predicted octanol–water partition coefficient (Wildman–Crippen LogP) is 2.27. The fourth-order valence-corrected chi connectivity index (χ4v) is 1.11. The van der Waals surface area contributed by atoms with E-state index in [1.807, 2.05) is 30.3 Å². The lowest BCUT2D eigenvalue weighted by Gasteiger charge is -2.03. The fraction of sp³-hybridized carbons (Fsp3) is 0.333. The van der Waals surface area contributed by atoms with Gasteiger partial charge < -0.3 is 0 Å². The third-order valence-electron chi connectivity index (χ3n) is 1.48. The van der Waals surface area contributed by atoms with Crippen LogP contribution in [0.2, 0.25) is 0 Å². The zero-order chi connectivity index (χ0) is 8.10. The largest absolute Gasteiger partial charge is 0.235 e. The molecule has 1 aromatic rings. The Morgan fingerprint density at radius 1 is 1.27 bits per heavy atom. The summed E-state index contributed by atoms with van der Waals surface area (Å²) in [6.45, 7) is -0.212. The summed E-state index contributed by atoms with van der Waals surface area (Å²) in [6.07, 6.45) is 0.673. The minimum absolute atomic E-state index is 0.212. The summed E-state index contributed by atoms with van der Waals surface area (Å²) >= 11 is 5.69. The molecule has 0 spiro atoms. The number of benzene rings is 1. The molecular formula is C9H10ClO. The molecule has 1 aromatic carbocycles. The van der Waals surface area contributed by atoms with E-state index < -0.39 is 0 Å². The summed E-state index contributed by atoms with van der Waals surface area (Å²) in [5, 5.41) is 10.0. The fourth-order valence-electron chi connectivity index (χ4n) is 0.929. The van der Waals surface area contributed by atoms with Gasteiger partial charge in [0.15, 0.2) is 0 Å². The number of halogens is 1. The second-order valence-electron chi connectivity index (χ2n) is 2.45. The van der Waals surface area contributed by atoms with Gasteiger partial charge in [0.2, 0.25) is 0 Å². The molecule has 1 nitrogen and oxygen atoms in total. The van der Waals surface area contributed by atoms with Gasteiger partial charge in [-0.2, -0.15) is 0 Å². The van der Waals surface area contributed by atoms with Crippen molar-refractivity contribution in [2.24, 2.45) is 0 Å². The van der Waals surface area contributed by atoms with Gasteiger partial charge in [0.25, 0.3) is 0 Å². The van der Waals surface area contributed by atoms with Crippen molar-refractivity contribution in [2.45, 2.75) is 11.8 Å². The Balaban J connectivity index is 2.51. The van der Waals surface area contributed by atoms with Gasteiger partial charge in [-0.15, -0.1) is 11.6 Å². The van der Waals surface area contributed by atoms with Crippen LogP contribution in [0.15, 0.2) is 30.3 Å². The number of alkyl halides is 1. The van der Waals surface area contributed by atoms with E-state index in [0.717, 1.165) is 5.56 Å². The van der Waals surface area contributed by atoms with Gasteiger partial charge in [-0.25, -0.2) is 5.11 Å². The summed E-state index contributed by atoms with van der Waals surface area (Å²) in [7, 11) is 0. The molecule has 0 aliphatic rings. The molecule has 0 saturated carbocycles. The molecule has 1 atom stereocenters. The van der Waals surface area contributed by atoms with Gasteiger partial charge in [-0.05, 0) is 12.0 Å². The van der Waals surface area contributed by atoms with Crippen LogP contribution in [-0.4, -0.2) is 12.0 Å². The normalized spacial score (nSPS) is 12.9. The van der Waals surface area contributed by atoms with Gasteiger partial charge in [-0.3, -0.25) is 0 Å². The van der Waals surface area contributed by atoms with E-state index in [1.165, 1.54) is 0 Å². The van der Waals surface area contributed by atoms with E-state index in [-0.39, 0.29) is 12.0 Å². The molecule has 0 amide bonds. The average Bonchev–Trinajstić information content (AvgIpc) is 2.06. The molecular weight excluding hydrogens is 160 g/mol. The molecule has 1 radical (unpaired) electrons. The van der Waals surface area contributed by atoms with Gasteiger partial charge >= 0.3 is 0 Å². The molecule has 0 aromatic heterocycles. The second-order valence-corrected chi connectivity index (χ2v) is 3.07. The van der Waals surface area contributed by atoms with E-state index >= 15 is 0 Å². The van der Waals surface area contributed by atoms with Crippen LogP contribution >= 0.6 is 11.6 Å². The van der Waals surface area contributed by atoms with Crippen LogP contribution in [0.1, 0.15) is 5.56 Å². The summed E-state index contributed by atoms with van der Waals surface area (Å²) in [5.41, 5.74) is 1.13. The highest BCUT2D eigenvalue weighted by Gasteiger charge is 2.03. The molecule has 0 aliphatic heterocycles. The van der Waals surface area contributed by atoms with Gasteiger partial charge in [0.1, 0.15) is 0 Å². The molecule has 1 unspecified atom stereocenters. The zero-order valence-corrected chi connectivity index (χ0v) is 6.92. The highest BCUT2D eigenvalue weighted by Crippen LogP contribution is 2.06. The van der Waals surface area contributed by atoms with E-state index in [0.29, 0.717) is 6.42 Å². The van der Waals surface area contributed by atoms with Crippen molar-refractivity contribution in [3.8, 4) is 0 Å². The lowest BCUT2D eigenvalue weighted by molar-refractivity contribution is 0.192. The lowest BCUT2D eigenvalue weighted by Crippen LogP contribution is -2.06. The van der Waals surface area contributed by atoms with Crippen LogP contribution in [0.4, 0.5) is 0 Å². The number of hydrogen-bond acceptors (Lipinski definition) is 0. The SMILES string of the molecule is [O]CC(Cl)Cc1ccccc1. The monoisotopic (exact) mass is 169 g/mol. The first-order valence-electron chi connectivity index (χ1n) is 3.59. The zero-order valence-electron chi connectivity index (χ0n) is 6.16. The van der Waals surface area contributed by atoms with Gasteiger partial charge in [0, 0.05) is 0 Å². The Morgan fingerprint density at radius 3 is 2.45 bits per heavy atom. The minimum atomic E-state index is -0.266. The molecule has 0 heterocycles. The molecule has 0 saturated heterocycles. The van der Waals surface area contributed by atoms with E-state index in [2.05, 4.69) is 0 Å². The van der Waals surface area contributed by atoms with Crippen LogP contribution in [-0.2, 0) is 11.5 Å². The Hall–Kier alpha value is -0.530. The highest BCUT2D eigenvalue weighted by molar-refractivity contribution is 6.20. The molecule has 2 heteroatoms. The Bertz CT molecular complexity index is 198. The summed E-state index contributed by atoms with van der Waals surface area (Å²) in [5.74, 6) is 0. The lowest BCUT2D eigenvalue weighted by atomic mass is 10.1. The standard InChI is InChI=1S/C9H10ClO/c10-9(7-11)6-8-4-2-1-3-5-8/h1-5,9H,6-7H2.